The number of nitrogens with one attached hydrogen (secondary N) is 2. The van der Waals surface area contributed by atoms with E-state index in [0.29, 0.717) is 11.3 Å². The molecule has 0 aromatic heterocycles. The first kappa shape index (κ1) is 17.0. The van der Waals surface area contributed by atoms with E-state index in [1.54, 1.807) is 25.1 Å². The molecule has 5 nitrogen and oxygen atoms in total. The highest BCUT2D eigenvalue weighted by Gasteiger charge is 2.22. The van der Waals surface area contributed by atoms with Crippen LogP contribution < -0.4 is 10.6 Å². The summed E-state index contributed by atoms with van der Waals surface area (Å²) in [5.41, 5.74) is 1.89. The zero-order valence-electron chi connectivity index (χ0n) is 13.3. The van der Waals surface area contributed by atoms with Gasteiger partial charge < -0.3 is 15.7 Å². The Morgan fingerprint density at radius 1 is 1.20 bits per heavy atom. The minimum absolute atomic E-state index is 0.130. The van der Waals surface area contributed by atoms with E-state index in [1.807, 2.05) is 0 Å². The van der Waals surface area contributed by atoms with Crippen LogP contribution in [-0.2, 0) is 11.2 Å². The van der Waals surface area contributed by atoms with Crippen LogP contribution in [0.2, 0.25) is 0 Å². The smallest absolute Gasteiger partial charge is 0.251 e. The van der Waals surface area contributed by atoms with Crippen LogP contribution in [-0.4, -0.2) is 23.0 Å². The molecule has 2 aromatic carbocycles. The Hall–Kier alpha value is -2.80. The van der Waals surface area contributed by atoms with Gasteiger partial charge in [0, 0.05) is 11.3 Å². The third kappa shape index (κ3) is 3.51. The van der Waals surface area contributed by atoms with Gasteiger partial charge in [0.1, 0.15) is 0 Å². The van der Waals surface area contributed by atoms with Gasteiger partial charge in [-0.15, -0.1) is 0 Å². The van der Waals surface area contributed by atoms with E-state index >= 15 is 0 Å². The number of carbonyl (C=O) groups is 2. The fraction of sp³-hybridized carbons (Fsp3) is 0.222. The fourth-order valence-electron chi connectivity index (χ4n) is 2.71. The van der Waals surface area contributed by atoms with Crippen LogP contribution in [0.1, 0.15) is 34.5 Å². The summed E-state index contributed by atoms with van der Waals surface area (Å²) in [6, 6.07) is 7.19. The second kappa shape index (κ2) is 6.60. The number of aliphatic hydroxyl groups is 1. The molecule has 2 aromatic rings. The second-order valence-electron chi connectivity index (χ2n) is 5.98. The molecule has 2 atom stereocenters. The molecular weight excluding hydrogens is 330 g/mol. The quantitative estimate of drug-likeness (QED) is 0.795. The monoisotopic (exact) mass is 346 g/mol. The maximum Gasteiger partial charge on any atom is 0.251 e. The Kier molecular flexibility index (Phi) is 4.50. The van der Waals surface area contributed by atoms with E-state index in [4.69, 9.17) is 0 Å². The first-order chi connectivity index (χ1) is 11.8. The number of hydrogen-bond acceptors (Lipinski definition) is 3. The topological polar surface area (TPSA) is 78.4 Å². The van der Waals surface area contributed by atoms with Crippen LogP contribution in [0.3, 0.4) is 0 Å². The summed E-state index contributed by atoms with van der Waals surface area (Å²) < 4.78 is 26.3. The van der Waals surface area contributed by atoms with Crippen molar-refractivity contribution in [3.63, 3.8) is 0 Å². The molecule has 0 fully saturated rings. The summed E-state index contributed by atoms with van der Waals surface area (Å²) in [5, 5.41) is 15.5. The zero-order valence-corrected chi connectivity index (χ0v) is 13.3. The summed E-state index contributed by atoms with van der Waals surface area (Å²) in [4.78, 5) is 23.7. The third-order valence-electron chi connectivity index (χ3n) is 4.11. The molecule has 0 bridgehead atoms. The first-order valence-electron chi connectivity index (χ1n) is 7.72. The molecule has 130 valence electrons. The average Bonchev–Trinajstić information content (AvgIpc) is 2.95. The van der Waals surface area contributed by atoms with Gasteiger partial charge in [-0.2, -0.15) is 0 Å². The largest absolute Gasteiger partial charge is 0.386 e. The van der Waals surface area contributed by atoms with Crippen molar-refractivity contribution in [2.45, 2.75) is 25.5 Å². The van der Waals surface area contributed by atoms with Gasteiger partial charge in [0.05, 0.1) is 18.6 Å². The Morgan fingerprint density at radius 2 is 1.96 bits per heavy atom. The van der Waals surface area contributed by atoms with Gasteiger partial charge in [-0.25, -0.2) is 8.78 Å². The minimum Gasteiger partial charge on any atom is -0.386 e. The van der Waals surface area contributed by atoms with Crippen molar-refractivity contribution in [2.75, 3.05) is 5.32 Å². The molecular formula is C18H16F2N2O3. The maximum atomic E-state index is 13.3. The van der Waals surface area contributed by atoms with Crippen LogP contribution in [0.4, 0.5) is 14.5 Å². The van der Waals surface area contributed by atoms with Crippen molar-refractivity contribution in [2.24, 2.45) is 0 Å². The number of carbonyl (C=O) groups excluding carboxylic acids is 2. The van der Waals surface area contributed by atoms with E-state index in [-0.39, 0.29) is 17.9 Å². The molecule has 0 spiro atoms. The van der Waals surface area contributed by atoms with Crippen molar-refractivity contribution < 1.29 is 23.5 Å². The SMILES string of the molecule is C[C@@H](NC(=O)c1ccc2c(c1)NC(=O)C2)[C@H](O)c1ccc(F)c(F)c1. The molecule has 1 heterocycles. The highest BCUT2D eigenvalue weighted by atomic mass is 19.2. The molecule has 0 saturated heterocycles. The van der Waals surface area contributed by atoms with Crippen LogP contribution in [0.25, 0.3) is 0 Å². The molecule has 25 heavy (non-hydrogen) atoms. The van der Waals surface area contributed by atoms with E-state index < -0.39 is 29.7 Å². The van der Waals surface area contributed by atoms with Gasteiger partial charge in [0.2, 0.25) is 5.91 Å². The third-order valence-corrected chi connectivity index (χ3v) is 4.11. The highest BCUT2D eigenvalue weighted by molar-refractivity contribution is 6.02. The lowest BCUT2D eigenvalue weighted by molar-refractivity contribution is -0.115. The van der Waals surface area contributed by atoms with E-state index in [9.17, 15) is 23.5 Å². The van der Waals surface area contributed by atoms with Crippen molar-refractivity contribution in [1.29, 1.82) is 0 Å². The molecule has 2 amide bonds. The number of amides is 2. The predicted octanol–water partition coefficient (Wildman–Crippen LogP) is 2.31. The Labute approximate surface area is 142 Å². The minimum atomic E-state index is -1.20. The van der Waals surface area contributed by atoms with Gasteiger partial charge in [0.25, 0.3) is 5.91 Å². The summed E-state index contributed by atoms with van der Waals surface area (Å²) in [5.74, 6) is -2.65. The molecule has 1 aliphatic heterocycles. The lowest BCUT2D eigenvalue weighted by Crippen LogP contribution is -2.37. The number of hydrogen-bond donors (Lipinski definition) is 3. The van der Waals surface area contributed by atoms with E-state index in [1.165, 1.54) is 6.07 Å². The highest BCUT2D eigenvalue weighted by Crippen LogP contribution is 2.24. The van der Waals surface area contributed by atoms with Crippen molar-refractivity contribution in [3.8, 4) is 0 Å². The molecule has 0 radical (unpaired) electrons. The standard InChI is InChI=1S/C18H16F2N2O3/c1-9(17(24)11-4-5-13(19)14(20)6-11)21-18(25)12-3-2-10-8-16(23)22-15(10)7-12/h2-7,9,17,24H,8H2,1H3,(H,21,25)(H,22,23)/t9-,17+/m1/s1. The number of benzene rings is 2. The average molecular weight is 346 g/mol. The zero-order chi connectivity index (χ0) is 18.1. The predicted molar refractivity (Wildman–Crippen MR) is 87.0 cm³/mol. The van der Waals surface area contributed by atoms with Crippen LogP contribution in [0, 0.1) is 11.6 Å². The molecule has 0 aliphatic carbocycles. The lowest BCUT2D eigenvalue weighted by atomic mass is 10.0. The molecule has 3 N–H and O–H groups in total. The van der Waals surface area contributed by atoms with E-state index in [2.05, 4.69) is 10.6 Å². The van der Waals surface area contributed by atoms with E-state index in [0.717, 1.165) is 17.7 Å². The Balaban J connectivity index is 1.71. The number of anilines is 1. The van der Waals surface area contributed by atoms with Gasteiger partial charge in [0.15, 0.2) is 11.6 Å². The van der Waals surface area contributed by atoms with Crippen LogP contribution in [0.15, 0.2) is 36.4 Å². The molecule has 0 unspecified atom stereocenters. The fourth-order valence-corrected chi connectivity index (χ4v) is 2.71. The second-order valence-corrected chi connectivity index (χ2v) is 5.98. The molecule has 0 saturated carbocycles. The first-order valence-corrected chi connectivity index (χ1v) is 7.72. The van der Waals surface area contributed by atoms with Crippen molar-refractivity contribution in [3.05, 3.63) is 64.7 Å². The summed E-state index contributed by atoms with van der Waals surface area (Å²) >= 11 is 0. The lowest BCUT2D eigenvalue weighted by Gasteiger charge is -2.21. The summed E-state index contributed by atoms with van der Waals surface area (Å²) in [7, 11) is 0. The van der Waals surface area contributed by atoms with Crippen LogP contribution in [0.5, 0.6) is 0 Å². The Bertz CT molecular complexity index is 854. The van der Waals surface area contributed by atoms with Crippen molar-refractivity contribution in [1.82, 2.24) is 5.32 Å². The number of rotatable bonds is 4. The number of aliphatic hydroxyl groups excluding tert-OH is 1. The molecule has 7 heteroatoms. The summed E-state index contributed by atoms with van der Waals surface area (Å²) in [6.07, 6.45) is -0.921. The van der Waals surface area contributed by atoms with Gasteiger partial charge in [-0.05, 0) is 42.3 Å². The molecule has 3 rings (SSSR count). The van der Waals surface area contributed by atoms with Crippen LogP contribution >= 0.6 is 0 Å². The van der Waals surface area contributed by atoms with Crippen molar-refractivity contribution >= 4 is 17.5 Å². The van der Waals surface area contributed by atoms with Gasteiger partial charge in [-0.3, -0.25) is 9.59 Å². The van der Waals surface area contributed by atoms with Gasteiger partial charge >= 0.3 is 0 Å². The molecule has 1 aliphatic rings. The summed E-state index contributed by atoms with van der Waals surface area (Å²) in [6.45, 7) is 1.55. The number of halogens is 2. The maximum absolute atomic E-state index is 13.3. The normalized spacial score (nSPS) is 15.3. The number of fused-ring (bicyclic) bond motifs is 1. The van der Waals surface area contributed by atoms with Gasteiger partial charge in [-0.1, -0.05) is 12.1 Å². The Morgan fingerprint density at radius 3 is 2.68 bits per heavy atom.